The highest BCUT2D eigenvalue weighted by atomic mass is 32.1. The highest BCUT2D eigenvalue weighted by Crippen LogP contribution is 2.16. The molecule has 3 rings (SSSR count). The van der Waals surface area contributed by atoms with Gasteiger partial charge in [-0.15, -0.1) is 11.3 Å². The van der Waals surface area contributed by atoms with E-state index in [-0.39, 0.29) is 6.10 Å². The van der Waals surface area contributed by atoms with Crippen LogP contribution in [-0.4, -0.2) is 46.7 Å². The van der Waals surface area contributed by atoms with Gasteiger partial charge < -0.3 is 15.7 Å². The number of thiazole rings is 1. The molecule has 158 valence electrons. The number of benzene rings is 1. The smallest absolute Gasteiger partial charge is 0.191 e. The number of rotatable bonds is 7. The molecule has 0 unspecified atom stereocenters. The van der Waals surface area contributed by atoms with Gasteiger partial charge in [0.2, 0.25) is 0 Å². The number of aryl methyl sites for hydroxylation is 2. The van der Waals surface area contributed by atoms with Crippen molar-refractivity contribution in [3.63, 3.8) is 0 Å². The lowest BCUT2D eigenvalue weighted by Crippen LogP contribution is -2.36. The quantitative estimate of drug-likeness (QED) is 0.479. The molecule has 0 aliphatic carbocycles. The van der Waals surface area contributed by atoms with Gasteiger partial charge >= 0.3 is 0 Å². The first-order valence-electron chi connectivity index (χ1n) is 10.5. The molecule has 0 saturated carbocycles. The summed E-state index contributed by atoms with van der Waals surface area (Å²) in [5.74, 6) is 0.814. The molecule has 1 saturated heterocycles. The van der Waals surface area contributed by atoms with Crippen LogP contribution < -0.4 is 10.6 Å². The Kier molecular flexibility index (Phi) is 8.03. The third-order valence-corrected chi connectivity index (χ3v) is 6.30. The topological polar surface area (TPSA) is 72.8 Å². The zero-order valence-electron chi connectivity index (χ0n) is 17.7. The minimum atomic E-state index is -0.116. The number of aliphatic hydroxyl groups is 1. The molecular formula is C22H33N5OS. The van der Waals surface area contributed by atoms with Crippen LogP contribution in [0.2, 0.25) is 0 Å². The standard InChI is InChI=1S/C22H33N5OS/c1-4-23-22(25-14-21-26-16(2)17(3)29-21)24-13-18-5-7-19(8-6-18)15-27-11-9-20(28)10-12-27/h5-8,20,28H,4,9-15H2,1-3H3,(H2,23,24,25). The first kappa shape index (κ1) is 21.7. The molecular weight excluding hydrogens is 382 g/mol. The first-order chi connectivity index (χ1) is 14.0. The maximum absolute atomic E-state index is 9.64. The van der Waals surface area contributed by atoms with E-state index in [9.17, 15) is 5.11 Å². The maximum Gasteiger partial charge on any atom is 0.191 e. The zero-order chi connectivity index (χ0) is 20.6. The van der Waals surface area contributed by atoms with Crippen LogP contribution >= 0.6 is 11.3 Å². The summed E-state index contributed by atoms with van der Waals surface area (Å²) in [6.45, 7) is 11.3. The molecule has 6 nitrogen and oxygen atoms in total. The molecule has 3 N–H and O–H groups in total. The van der Waals surface area contributed by atoms with Gasteiger partial charge in [-0.3, -0.25) is 4.90 Å². The molecule has 1 aromatic carbocycles. The number of aliphatic imine (C=N–C) groups is 1. The Morgan fingerprint density at radius 2 is 1.86 bits per heavy atom. The summed E-state index contributed by atoms with van der Waals surface area (Å²) >= 11 is 1.73. The number of guanidine groups is 1. The fourth-order valence-electron chi connectivity index (χ4n) is 3.37. The Balaban J connectivity index is 1.51. The number of likely N-dealkylation sites (tertiary alicyclic amines) is 1. The van der Waals surface area contributed by atoms with Crippen molar-refractivity contribution in [3.05, 3.63) is 51.0 Å². The summed E-state index contributed by atoms with van der Waals surface area (Å²) in [6.07, 6.45) is 1.65. The predicted octanol–water partition coefficient (Wildman–Crippen LogP) is 2.97. The van der Waals surface area contributed by atoms with E-state index in [0.29, 0.717) is 13.1 Å². The second-order valence-electron chi connectivity index (χ2n) is 7.62. The SMILES string of the molecule is CCNC(=NCc1ccc(CN2CCC(O)CC2)cc1)NCc1nc(C)c(C)s1. The Morgan fingerprint density at radius 3 is 2.48 bits per heavy atom. The lowest BCUT2D eigenvalue weighted by Gasteiger charge is -2.29. The molecule has 0 bridgehead atoms. The van der Waals surface area contributed by atoms with Crippen molar-refractivity contribution in [2.45, 2.75) is 59.4 Å². The average Bonchev–Trinajstić information content (AvgIpc) is 3.04. The van der Waals surface area contributed by atoms with E-state index in [1.165, 1.54) is 16.0 Å². The number of nitrogens with zero attached hydrogens (tertiary/aromatic N) is 3. The van der Waals surface area contributed by atoms with Gasteiger partial charge in [-0.25, -0.2) is 9.98 Å². The zero-order valence-corrected chi connectivity index (χ0v) is 18.6. The minimum absolute atomic E-state index is 0.116. The van der Waals surface area contributed by atoms with E-state index >= 15 is 0 Å². The van der Waals surface area contributed by atoms with Crippen molar-refractivity contribution in [1.29, 1.82) is 0 Å². The molecule has 1 aromatic heterocycles. The van der Waals surface area contributed by atoms with E-state index in [0.717, 1.165) is 55.7 Å². The number of hydrogen-bond donors (Lipinski definition) is 3. The van der Waals surface area contributed by atoms with E-state index in [4.69, 9.17) is 4.99 Å². The fraction of sp³-hybridized carbons (Fsp3) is 0.545. The van der Waals surface area contributed by atoms with Crippen LogP contribution in [0, 0.1) is 13.8 Å². The highest BCUT2D eigenvalue weighted by molar-refractivity contribution is 7.11. The van der Waals surface area contributed by atoms with Gasteiger partial charge in [0.15, 0.2) is 5.96 Å². The normalized spacial score (nSPS) is 16.2. The number of piperidine rings is 1. The summed E-state index contributed by atoms with van der Waals surface area (Å²) in [6, 6.07) is 8.71. The van der Waals surface area contributed by atoms with Crippen molar-refractivity contribution < 1.29 is 5.11 Å². The number of hydrogen-bond acceptors (Lipinski definition) is 5. The number of aliphatic hydroxyl groups excluding tert-OH is 1. The average molecular weight is 416 g/mol. The van der Waals surface area contributed by atoms with Crippen molar-refractivity contribution >= 4 is 17.3 Å². The summed E-state index contributed by atoms with van der Waals surface area (Å²) in [4.78, 5) is 13.0. The molecule has 7 heteroatoms. The second kappa shape index (κ2) is 10.7. The molecule has 0 spiro atoms. The molecule has 2 aromatic rings. The van der Waals surface area contributed by atoms with Gasteiger partial charge in [0.25, 0.3) is 0 Å². The van der Waals surface area contributed by atoms with E-state index in [2.05, 4.69) is 58.6 Å². The Labute approximate surface area is 178 Å². The van der Waals surface area contributed by atoms with Crippen LogP contribution in [0.4, 0.5) is 0 Å². The maximum atomic E-state index is 9.64. The lowest BCUT2D eigenvalue weighted by molar-refractivity contribution is 0.0792. The van der Waals surface area contributed by atoms with Crippen molar-refractivity contribution in [2.75, 3.05) is 19.6 Å². The molecule has 1 aliphatic rings. The molecule has 1 aliphatic heterocycles. The van der Waals surface area contributed by atoms with Gasteiger partial charge in [0.05, 0.1) is 24.9 Å². The van der Waals surface area contributed by atoms with E-state index in [1.54, 1.807) is 11.3 Å². The summed E-state index contributed by atoms with van der Waals surface area (Å²) in [5.41, 5.74) is 3.61. The molecule has 0 radical (unpaired) electrons. The summed E-state index contributed by atoms with van der Waals surface area (Å²) < 4.78 is 0. The van der Waals surface area contributed by atoms with E-state index < -0.39 is 0 Å². The molecule has 0 amide bonds. The Bertz CT molecular complexity index is 775. The second-order valence-corrected chi connectivity index (χ2v) is 8.91. The molecule has 0 atom stereocenters. The third-order valence-electron chi connectivity index (χ3n) is 5.23. The van der Waals surface area contributed by atoms with Gasteiger partial charge in [-0.05, 0) is 44.7 Å². The van der Waals surface area contributed by atoms with Crippen molar-refractivity contribution in [2.24, 2.45) is 4.99 Å². The number of nitrogens with one attached hydrogen (secondary N) is 2. The highest BCUT2D eigenvalue weighted by Gasteiger charge is 2.16. The first-order valence-corrected chi connectivity index (χ1v) is 11.3. The third kappa shape index (κ3) is 6.80. The van der Waals surface area contributed by atoms with Gasteiger partial charge in [0.1, 0.15) is 5.01 Å². The van der Waals surface area contributed by atoms with Crippen molar-refractivity contribution in [3.8, 4) is 0 Å². The Morgan fingerprint density at radius 1 is 1.17 bits per heavy atom. The van der Waals surface area contributed by atoms with E-state index in [1.807, 2.05) is 6.92 Å². The van der Waals surface area contributed by atoms with Gasteiger partial charge in [0, 0.05) is 31.1 Å². The van der Waals surface area contributed by atoms with Crippen LogP contribution in [-0.2, 0) is 19.6 Å². The monoisotopic (exact) mass is 415 g/mol. The Hall–Kier alpha value is -1.96. The minimum Gasteiger partial charge on any atom is -0.393 e. The number of aromatic nitrogens is 1. The molecule has 1 fully saturated rings. The van der Waals surface area contributed by atoms with Gasteiger partial charge in [-0.2, -0.15) is 0 Å². The van der Waals surface area contributed by atoms with Crippen LogP contribution in [0.3, 0.4) is 0 Å². The summed E-state index contributed by atoms with van der Waals surface area (Å²) in [5, 5.41) is 17.4. The lowest BCUT2D eigenvalue weighted by atomic mass is 10.1. The van der Waals surface area contributed by atoms with Crippen LogP contribution in [0.25, 0.3) is 0 Å². The van der Waals surface area contributed by atoms with Crippen LogP contribution in [0.1, 0.15) is 46.5 Å². The largest absolute Gasteiger partial charge is 0.393 e. The predicted molar refractivity (Wildman–Crippen MR) is 120 cm³/mol. The summed E-state index contributed by atoms with van der Waals surface area (Å²) in [7, 11) is 0. The molecule has 2 heterocycles. The van der Waals surface area contributed by atoms with Crippen LogP contribution in [0.15, 0.2) is 29.3 Å². The van der Waals surface area contributed by atoms with Gasteiger partial charge in [-0.1, -0.05) is 24.3 Å². The fourth-order valence-corrected chi connectivity index (χ4v) is 4.25. The van der Waals surface area contributed by atoms with Crippen molar-refractivity contribution in [1.82, 2.24) is 20.5 Å². The molecule has 29 heavy (non-hydrogen) atoms. The van der Waals surface area contributed by atoms with Crippen LogP contribution in [0.5, 0.6) is 0 Å².